The topological polar surface area (TPSA) is 99.4 Å². The molecule has 0 aliphatic carbocycles. The van der Waals surface area contributed by atoms with Crippen LogP contribution >= 0.6 is 0 Å². The smallest absolute Gasteiger partial charge is 0.359 e. The molecule has 0 spiro atoms. The summed E-state index contributed by atoms with van der Waals surface area (Å²) in [5.74, 6) is -0.00445. The highest BCUT2D eigenvalue weighted by atomic mass is 16.5. The number of nitrogens with zero attached hydrogens (tertiary/aromatic N) is 5. The summed E-state index contributed by atoms with van der Waals surface area (Å²) in [6.07, 6.45) is 2.16. The molecule has 0 unspecified atom stereocenters. The van der Waals surface area contributed by atoms with Crippen LogP contribution in [0.1, 0.15) is 53.2 Å². The van der Waals surface area contributed by atoms with Crippen molar-refractivity contribution >= 4 is 18.2 Å². The van der Waals surface area contributed by atoms with E-state index < -0.39 is 5.97 Å². The molecule has 9 nitrogen and oxygen atoms in total. The minimum absolute atomic E-state index is 0.0377. The van der Waals surface area contributed by atoms with E-state index in [2.05, 4.69) is 15.1 Å². The Hall–Kier alpha value is -2.97. The first-order valence-corrected chi connectivity index (χ1v) is 8.19. The molecule has 2 heterocycles. The van der Waals surface area contributed by atoms with Crippen LogP contribution in [-0.4, -0.2) is 59.8 Å². The van der Waals surface area contributed by atoms with Gasteiger partial charge in [0.1, 0.15) is 5.69 Å². The Morgan fingerprint density at radius 3 is 2.58 bits per heavy atom. The Labute approximate surface area is 151 Å². The van der Waals surface area contributed by atoms with Gasteiger partial charge in [0.25, 0.3) is 0 Å². The second kappa shape index (κ2) is 7.94. The fraction of sp³-hybridized carbons (Fsp3) is 0.471. The predicted molar refractivity (Wildman–Crippen MR) is 95.5 cm³/mol. The van der Waals surface area contributed by atoms with E-state index in [1.807, 2.05) is 27.9 Å². The minimum Gasteiger partial charge on any atom is -0.479 e. The van der Waals surface area contributed by atoms with Gasteiger partial charge in [-0.15, -0.1) is 0 Å². The average molecular weight is 361 g/mol. The van der Waals surface area contributed by atoms with E-state index >= 15 is 0 Å². The third-order valence-electron chi connectivity index (χ3n) is 3.64. The Balaban J connectivity index is 2.73. The van der Waals surface area contributed by atoms with Crippen molar-refractivity contribution in [3.8, 4) is 11.6 Å². The van der Waals surface area contributed by atoms with E-state index in [-0.39, 0.29) is 29.7 Å². The number of carbonyl (C=O) groups excluding carboxylic acids is 2. The molecule has 0 aliphatic heterocycles. The Bertz CT molecular complexity index is 814. The summed E-state index contributed by atoms with van der Waals surface area (Å²) in [6.45, 7) is 5.68. The molecular weight excluding hydrogens is 338 g/mol. The van der Waals surface area contributed by atoms with Crippen molar-refractivity contribution in [2.45, 2.75) is 26.7 Å². The maximum atomic E-state index is 12.2. The molecule has 140 valence electrons. The van der Waals surface area contributed by atoms with Gasteiger partial charge in [-0.2, -0.15) is 10.1 Å². The van der Waals surface area contributed by atoms with Gasteiger partial charge in [-0.3, -0.25) is 4.79 Å². The minimum atomic E-state index is -0.653. The standard InChI is InChI=1S/C17H23N5O4/c1-7-26-16(24)13-11(9-23)14(10(2)3)22(20-13)12-8-18-17(21(4)5)19-15(12)25-6/h8-10H,7H2,1-6H3. The molecule has 0 N–H and O–H groups in total. The third-order valence-corrected chi connectivity index (χ3v) is 3.64. The van der Waals surface area contributed by atoms with Gasteiger partial charge in [0, 0.05) is 14.1 Å². The molecule has 0 fully saturated rings. The molecule has 0 aliphatic rings. The average Bonchev–Trinajstić information content (AvgIpc) is 3.00. The lowest BCUT2D eigenvalue weighted by molar-refractivity contribution is 0.0517. The lowest BCUT2D eigenvalue weighted by Gasteiger charge is -2.15. The van der Waals surface area contributed by atoms with Crippen LogP contribution in [0.2, 0.25) is 0 Å². The highest BCUT2D eigenvalue weighted by Crippen LogP contribution is 2.29. The van der Waals surface area contributed by atoms with E-state index in [0.29, 0.717) is 23.6 Å². The van der Waals surface area contributed by atoms with Gasteiger partial charge in [0.05, 0.1) is 31.2 Å². The maximum Gasteiger partial charge on any atom is 0.359 e. The fourth-order valence-corrected chi connectivity index (χ4v) is 2.51. The molecular formula is C17H23N5O4. The molecule has 9 heteroatoms. The molecule has 0 aromatic carbocycles. The number of hydrogen-bond donors (Lipinski definition) is 0. The number of hydrogen-bond acceptors (Lipinski definition) is 8. The maximum absolute atomic E-state index is 12.2. The van der Waals surface area contributed by atoms with E-state index in [1.54, 1.807) is 18.0 Å². The summed E-state index contributed by atoms with van der Waals surface area (Å²) < 4.78 is 11.9. The largest absolute Gasteiger partial charge is 0.479 e. The van der Waals surface area contributed by atoms with Gasteiger partial charge in [-0.05, 0) is 12.8 Å². The summed E-state index contributed by atoms with van der Waals surface area (Å²) in [6, 6.07) is 0. The van der Waals surface area contributed by atoms with Crippen molar-refractivity contribution < 1.29 is 19.1 Å². The number of aromatic nitrogens is 4. The van der Waals surface area contributed by atoms with Crippen molar-refractivity contribution in [2.75, 3.05) is 32.7 Å². The first-order chi connectivity index (χ1) is 12.3. The second-order valence-corrected chi connectivity index (χ2v) is 6.01. The lowest BCUT2D eigenvalue weighted by atomic mass is 10.0. The quantitative estimate of drug-likeness (QED) is 0.544. The number of anilines is 1. The van der Waals surface area contributed by atoms with Crippen LogP contribution in [0, 0.1) is 0 Å². The van der Waals surface area contributed by atoms with Crippen molar-refractivity contribution in [3.63, 3.8) is 0 Å². The molecule has 2 aromatic heterocycles. The van der Waals surface area contributed by atoms with Crippen LogP contribution in [-0.2, 0) is 4.74 Å². The Kier molecular flexibility index (Phi) is 5.91. The molecule has 0 bridgehead atoms. The lowest BCUT2D eigenvalue weighted by Crippen LogP contribution is -2.15. The van der Waals surface area contributed by atoms with Gasteiger partial charge in [0.2, 0.25) is 11.8 Å². The molecule has 26 heavy (non-hydrogen) atoms. The molecule has 0 radical (unpaired) electrons. The second-order valence-electron chi connectivity index (χ2n) is 6.01. The number of carbonyl (C=O) groups is 2. The monoisotopic (exact) mass is 361 g/mol. The highest BCUT2D eigenvalue weighted by molar-refractivity contribution is 5.97. The zero-order valence-electron chi connectivity index (χ0n) is 15.8. The number of esters is 1. The van der Waals surface area contributed by atoms with Crippen LogP contribution < -0.4 is 9.64 Å². The van der Waals surface area contributed by atoms with Crippen molar-refractivity contribution in [3.05, 3.63) is 23.1 Å². The summed E-state index contributed by atoms with van der Waals surface area (Å²) in [4.78, 5) is 34.2. The van der Waals surface area contributed by atoms with Gasteiger partial charge in [0.15, 0.2) is 12.0 Å². The van der Waals surface area contributed by atoms with Gasteiger partial charge in [-0.25, -0.2) is 14.5 Å². The predicted octanol–water partition coefficient (Wildman–Crippen LogP) is 1.85. The fourth-order valence-electron chi connectivity index (χ4n) is 2.51. The number of ether oxygens (including phenoxy) is 2. The zero-order valence-corrected chi connectivity index (χ0v) is 15.8. The summed E-state index contributed by atoms with van der Waals surface area (Å²) >= 11 is 0. The van der Waals surface area contributed by atoms with Gasteiger partial charge < -0.3 is 14.4 Å². The molecule has 0 saturated heterocycles. The van der Waals surface area contributed by atoms with Crippen LogP contribution in [0.4, 0.5) is 5.95 Å². The van der Waals surface area contributed by atoms with E-state index in [0.717, 1.165) is 0 Å². The highest BCUT2D eigenvalue weighted by Gasteiger charge is 2.27. The molecule has 2 aromatic rings. The summed E-state index contributed by atoms with van der Waals surface area (Å²) in [7, 11) is 5.10. The van der Waals surface area contributed by atoms with E-state index in [1.165, 1.54) is 11.8 Å². The SMILES string of the molecule is CCOC(=O)c1nn(-c2cnc(N(C)C)nc2OC)c(C(C)C)c1C=O. The number of rotatable bonds is 7. The van der Waals surface area contributed by atoms with Crippen molar-refractivity contribution in [1.82, 2.24) is 19.7 Å². The third kappa shape index (κ3) is 3.51. The van der Waals surface area contributed by atoms with Gasteiger partial charge in [-0.1, -0.05) is 13.8 Å². The van der Waals surface area contributed by atoms with Gasteiger partial charge >= 0.3 is 5.97 Å². The van der Waals surface area contributed by atoms with Crippen LogP contribution in [0.15, 0.2) is 6.20 Å². The summed E-state index contributed by atoms with van der Waals surface area (Å²) in [5.41, 5.74) is 1.14. The van der Waals surface area contributed by atoms with E-state index in [9.17, 15) is 9.59 Å². The van der Waals surface area contributed by atoms with Crippen LogP contribution in [0.25, 0.3) is 5.69 Å². The first kappa shape index (κ1) is 19.4. The van der Waals surface area contributed by atoms with Crippen LogP contribution in [0.3, 0.4) is 0 Å². The number of aldehydes is 1. The molecule has 0 amide bonds. The van der Waals surface area contributed by atoms with E-state index in [4.69, 9.17) is 9.47 Å². The molecule has 0 atom stereocenters. The number of methoxy groups -OCH3 is 1. The Morgan fingerprint density at radius 1 is 1.38 bits per heavy atom. The first-order valence-electron chi connectivity index (χ1n) is 8.19. The van der Waals surface area contributed by atoms with Crippen molar-refractivity contribution in [1.29, 1.82) is 0 Å². The zero-order chi connectivity index (χ0) is 19.4. The molecule has 0 saturated carbocycles. The Morgan fingerprint density at radius 2 is 2.08 bits per heavy atom. The summed E-state index contributed by atoms with van der Waals surface area (Å²) in [5, 5.41) is 4.31. The van der Waals surface area contributed by atoms with Crippen LogP contribution in [0.5, 0.6) is 5.88 Å². The molecule has 2 rings (SSSR count). The normalized spacial score (nSPS) is 10.7. The van der Waals surface area contributed by atoms with Crippen molar-refractivity contribution in [2.24, 2.45) is 0 Å².